The van der Waals surface area contributed by atoms with E-state index in [1.165, 1.54) is 5.56 Å². The van der Waals surface area contributed by atoms with Crippen molar-refractivity contribution in [2.24, 2.45) is 0 Å². The number of sulfonamides is 1. The monoisotopic (exact) mass is 418 g/mol. The number of aryl methyl sites for hydroxylation is 1. The lowest BCUT2D eigenvalue weighted by Crippen LogP contribution is -2.41. The zero-order valence-corrected chi connectivity index (χ0v) is 18.5. The largest absolute Gasteiger partial charge is 0.491 e. The number of hydrogen-bond donors (Lipinski definition) is 1. The Morgan fingerprint density at radius 2 is 1.62 bits per heavy atom. The van der Waals surface area contributed by atoms with E-state index in [1.807, 2.05) is 45.0 Å². The van der Waals surface area contributed by atoms with Crippen LogP contribution in [-0.4, -0.2) is 33.2 Å². The Balaban J connectivity index is 2.10. The van der Waals surface area contributed by atoms with E-state index < -0.39 is 10.0 Å². The van der Waals surface area contributed by atoms with Crippen LogP contribution in [0.1, 0.15) is 44.9 Å². The van der Waals surface area contributed by atoms with Gasteiger partial charge in [0.05, 0.1) is 24.1 Å². The Kier molecular flexibility index (Phi) is 7.67. The fourth-order valence-corrected chi connectivity index (χ4v) is 3.76. The molecule has 0 spiro atoms. The molecule has 0 aliphatic heterocycles. The minimum atomic E-state index is -3.63. The number of rotatable bonds is 9. The van der Waals surface area contributed by atoms with Crippen LogP contribution in [0.4, 0.5) is 5.69 Å². The molecule has 0 saturated heterocycles. The third-order valence-electron chi connectivity index (χ3n) is 4.45. The zero-order chi connectivity index (χ0) is 21.6. The summed E-state index contributed by atoms with van der Waals surface area (Å²) in [4.78, 5) is 12.6. The van der Waals surface area contributed by atoms with Gasteiger partial charge in [-0.1, -0.05) is 31.2 Å². The molecule has 0 radical (unpaired) electrons. The van der Waals surface area contributed by atoms with Crippen molar-refractivity contribution in [3.8, 4) is 5.75 Å². The molecule has 0 aliphatic rings. The number of anilines is 1. The lowest BCUT2D eigenvalue weighted by atomic mass is 10.1. The van der Waals surface area contributed by atoms with Crippen LogP contribution < -0.4 is 14.4 Å². The number of carbonyl (C=O) groups is 1. The molecule has 0 heterocycles. The molecular weight excluding hydrogens is 388 g/mol. The van der Waals surface area contributed by atoms with Crippen LogP contribution in [0.15, 0.2) is 48.5 Å². The fourth-order valence-electron chi connectivity index (χ4n) is 2.91. The highest BCUT2D eigenvalue weighted by atomic mass is 32.2. The summed E-state index contributed by atoms with van der Waals surface area (Å²) in [6.45, 7) is 7.50. The topological polar surface area (TPSA) is 75.7 Å². The van der Waals surface area contributed by atoms with E-state index in [4.69, 9.17) is 4.74 Å². The second-order valence-corrected chi connectivity index (χ2v) is 9.22. The second kappa shape index (κ2) is 9.78. The molecule has 29 heavy (non-hydrogen) atoms. The van der Waals surface area contributed by atoms with Gasteiger partial charge < -0.3 is 10.1 Å². The van der Waals surface area contributed by atoms with Crippen LogP contribution in [0.2, 0.25) is 0 Å². The van der Waals surface area contributed by atoms with Gasteiger partial charge in [0.25, 0.3) is 0 Å². The molecule has 0 saturated carbocycles. The summed E-state index contributed by atoms with van der Waals surface area (Å²) in [5.74, 6) is 0.274. The van der Waals surface area contributed by atoms with E-state index in [2.05, 4.69) is 12.2 Å². The summed E-state index contributed by atoms with van der Waals surface area (Å²) >= 11 is 0. The Morgan fingerprint density at radius 1 is 1.03 bits per heavy atom. The molecule has 7 heteroatoms. The molecule has 2 aromatic rings. The van der Waals surface area contributed by atoms with Gasteiger partial charge >= 0.3 is 0 Å². The molecule has 0 fully saturated rings. The van der Waals surface area contributed by atoms with Gasteiger partial charge in [-0.2, -0.15) is 0 Å². The fraction of sp³-hybridized carbons (Fsp3) is 0.409. The molecule has 6 nitrogen and oxygen atoms in total. The number of nitrogens with one attached hydrogen (secondary N) is 1. The average molecular weight is 419 g/mol. The minimum absolute atomic E-state index is 0.0190. The first-order valence-electron chi connectivity index (χ1n) is 9.72. The lowest BCUT2D eigenvalue weighted by molar-refractivity contribution is -0.120. The van der Waals surface area contributed by atoms with Gasteiger partial charge in [-0.3, -0.25) is 9.10 Å². The maximum absolute atomic E-state index is 12.6. The van der Waals surface area contributed by atoms with E-state index in [0.29, 0.717) is 11.4 Å². The van der Waals surface area contributed by atoms with Gasteiger partial charge in [-0.15, -0.1) is 0 Å². The molecule has 1 N–H and O–H groups in total. The Morgan fingerprint density at radius 3 is 2.10 bits per heavy atom. The summed E-state index contributed by atoms with van der Waals surface area (Å²) in [6, 6.07) is 14.5. The SMILES string of the molecule is CCc1ccc([C@H](C)NC(=O)CN(c2ccc(OC(C)C)cc2)S(C)(=O)=O)cc1. The molecule has 0 unspecified atom stereocenters. The summed E-state index contributed by atoms with van der Waals surface area (Å²) < 4.78 is 31.2. The van der Waals surface area contributed by atoms with Crippen molar-refractivity contribution in [2.75, 3.05) is 17.1 Å². The van der Waals surface area contributed by atoms with E-state index in [9.17, 15) is 13.2 Å². The van der Waals surface area contributed by atoms with Crippen molar-refractivity contribution in [1.29, 1.82) is 0 Å². The summed E-state index contributed by atoms with van der Waals surface area (Å²) in [5.41, 5.74) is 2.61. The summed E-state index contributed by atoms with van der Waals surface area (Å²) in [6.07, 6.45) is 2.06. The normalized spacial score (nSPS) is 12.5. The van der Waals surface area contributed by atoms with Crippen LogP contribution in [0.25, 0.3) is 0 Å². The molecule has 1 amide bonds. The highest BCUT2D eigenvalue weighted by molar-refractivity contribution is 7.92. The van der Waals surface area contributed by atoms with Gasteiger partial charge in [-0.25, -0.2) is 8.42 Å². The Bertz CT molecular complexity index is 907. The van der Waals surface area contributed by atoms with Crippen molar-refractivity contribution in [2.45, 2.75) is 46.3 Å². The van der Waals surface area contributed by atoms with E-state index in [0.717, 1.165) is 22.5 Å². The quantitative estimate of drug-likeness (QED) is 0.674. The van der Waals surface area contributed by atoms with Crippen LogP contribution in [0.3, 0.4) is 0 Å². The number of nitrogens with zero attached hydrogens (tertiary/aromatic N) is 1. The molecule has 0 aromatic heterocycles. The molecule has 2 aromatic carbocycles. The van der Waals surface area contributed by atoms with Crippen LogP contribution in [-0.2, 0) is 21.2 Å². The molecular formula is C22H30N2O4S. The van der Waals surface area contributed by atoms with Gasteiger partial charge in [0.15, 0.2) is 0 Å². The number of ether oxygens (including phenoxy) is 1. The summed E-state index contributed by atoms with van der Waals surface area (Å²) in [7, 11) is -3.63. The van der Waals surface area contributed by atoms with Gasteiger partial charge in [0, 0.05) is 0 Å². The van der Waals surface area contributed by atoms with Crippen LogP contribution in [0, 0.1) is 0 Å². The number of benzene rings is 2. The third-order valence-corrected chi connectivity index (χ3v) is 5.59. The minimum Gasteiger partial charge on any atom is -0.491 e. The van der Waals surface area contributed by atoms with Gasteiger partial charge in [-0.05, 0) is 62.6 Å². The molecule has 2 rings (SSSR count). The number of carbonyl (C=O) groups excluding carboxylic acids is 1. The van der Waals surface area contributed by atoms with Crippen molar-refractivity contribution in [3.05, 3.63) is 59.7 Å². The first kappa shape index (κ1) is 22.7. The average Bonchev–Trinajstić information content (AvgIpc) is 2.65. The van der Waals surface area contributed by atoms with Crippen molar-refractivity contribution >= 4 is 21.6 Å². The van der Waals surface area contributed by atoms with E-state index >= 15 is 0 Å². The van der Waals surface area contributed by atoms with E-state index in [-0.39, 0.29) is 24.6 Å². The Labute approximate surface area is 173 Å². The molecule has 0 bridgehead atoms. The maximum Gasteiger partial charge on any atom is 0.241 e. The maximum atomic E-state index is 12.6. The summed E-state index contributed by atoms with van der Waals surface area (Å²) in [5, 5.41) is 2.87. The second-order valence-electron chi connectivity index (χ2n) is 7.31. The third kappa shape index (κ3) is 6.78. The van der Waals surface area contributed by atoms with Crippen LogP contribution >= 0.6 is 0 Å². The first-order valence-corrected chi connectivity index (χ1v) is 11.6. The number of hydrogen-bond acceptors (Lipinski definition) is 4. The molecule has 0 aliphatic carbocycles. The number of amides is 1. The van der Waals surface area contributed by atoms with Crippen molar-refractivity contribution in [3.63, 3.8) is 0 Å². The van der Waals surface area contributed by atoms with Gasteiger partial charge in [0.2, 0.25) is 15.9 Å². The predicted octanol–water partition coefficient (Wildman–Crippen LogP) is 3.68. The van der Waals surface area contributed by atoms with Crippen molar-refractivity contribution in [1.82, 2.24) is 5.32 Å². The molecule has 158 valence electrons. The Hall–Kier alpha value is -2.54. The smallest absolute Gasteiger partial charge is 0.241 e. The van der Waals surface area contributed by atoms with Crippen molar-refractivity contribution < 1.29 is 17.9 Å². The van der Waals surface area contributed by atoms with Gasteiger partial charge in [0.1, 0.15) is 12.3 Å². The highest BCUT2D eigenvalue weighted by Crippen LogP contribution is 2.22. The lowest BCUT2D eigenvalue weighted by Gasteiger charge is -2.23. The first-order chi connectivity index (χ1) is 13.6. The standard InChI is InChI=1S/C22H30N2O4S/c1-6-18-7-9-19(10-8-18)17(4)23-22(25)15-24(29(5,26)27)20-11-13-21(14-12-20)28-16(2)3/h7-14,16-17H,6,15H2,1-5H3,(H,23,25)/t17-/m0/s1. The zero-order valence-electron chi connectivity index (χ0n) is 17.7. The van der Waals surface area contributed by atoms with Crippen LogP contribution in [0.5, 0.6) is 5.75 Å². The predicted molar refractivity (Wildman–Crippen MR) is 117 cm³/mol. The highest BCUT2D eigenvalue weighted by Gasteiger charge is 2.22. The van der Waals surface area contributed by atoms with E-state index in [1.54, 1.807) is 24.3 Å². The molecule has 1 atom stereocenters.